The molecule has 0 aliphatic carbocycles. The third-order valence-corrected chi connectivity index (χ3v) is 2.42. The molecule has 0 heterocycles. The summed E-state index contributed by atoms with van der Waals surface area (Å²) >= 11 is 0. The van der Waals surface area contributed by atoms with E-state index in [-0.39, 0.29) is 13.2 Å². The summed E-state index contributed by atoms with van der Waals surface area (Å²) < 4.78 is 0. The molecule has 92 valence electrons. The fraction of sp³-hybridized carbons (Fsp3) is 0.455. The van der Waals surface area contributed by atoms with Crippen LogP contribution in [-0.4, -0.2) is 34.6 Å². The smallest absolute Gasteiger partial charge is 0.105 e. The highest BCUT2D eigenvalue weighted by atomic mass is 16.3. The van der Waals surface area contributed by atoms with Crippen molar-refractivity contribution >= 4 is 0 Å². The molecule has 1 aromatic carbocycles. The van der Waals surface area contributed by atoms with E-state index in [9.17, 15) is 10.2 Å². The van der Waals surface area contributed by atoms with Gasteiger partial charge in [0.1, 0.15) is 6.10 Å². The molecule has 0 saturated carbocycles. The normalized spacial score (nSPS) is 13.8. The van der Waals surface area contributed by atoms with Crippen molar-refractivity contribution in [3.63, 3.8) is 0 Å². The summed E-state index contributed by atoms with van der Waals surface area (Å²) in [5, 5.41) is 31.2. The van der Waals surface area contributed by atoms with Crippen molar-refractivity contribution < 1.29 is 15.3 Å². The zero-order valence-corrected chi connectivity index (χ0v) is 9.27. The Balaban J connectivity index is 2.68. The van der Waals surface area contributed by atoms with Gasteiger partial charge in [-0.1, -0.05) is 29.4 Å². The van der Waals surface area contributed by atoms with Gasteiger partial charge in [0.25, 0.3) is 0 Å². The zero-order chi connectivity index (χ0) is 12.7. The Hall–Kier alpha value is -1.59. The number of nitrogens with zero attached hydrogens (tertiary/aromatic N) is 3. The summed E-state index contributed by atoms with van der Waals surface area (Å²) in [6.45, 7) is -0.0997. The van der Waals surface area contributed by atoms with Gasteiger partial charge in [0, 0.05) is 11.5 Å². The molecule has 0 fully saturated rings. The number of benzene rings is 1. The van der Waals surface area contributed by atoms with Crippen LogP contribution in [0.1, 0.15) is 17.2 Å². The second-order valence-electron chi connectivity index (χ2n) is 3.64. The third kappa shape index (κ3) is 4.05. The number of hydrogen-bond acceptors (Lipinski definition) is 4. The van der Waals surface area contributed by atoms with Crippen molar-refractivity contribution in [3.8, 4) is 0 Å². The van der Waals surface area contributed by atoms with Gasteiger partial charge in [-0.15, -0.1) is 0 Å². The second-order valence-corrected chi connectivity index (χ2v) is 3.64. The van der Waals surface area contributed by atoms with E-state index in [4.69, 9.17) is 10.6 Å². The van der Waals surface area contributed by atoms with Crippen molar-refractivity contribution in [1.29, 1.82) is 0 Å². The molecule has 1 rings (SSSR count). The number of rotatable bonds is 6. The molecule has 0 radical (unpaired) electrons. The highest BCUT2D eigenvalue weighted by Crippen LogP contribution is 2.18. The summed E-state index contributed by atoms with van der Waals surface area (Å²) in [6.07, 6.45) is -1.64. The van der Waals surface area contributed by atoms with E-state index in [0.29, 0.717) is 12.0 Å². The lowest BCUT2D eigenvalue weighted by Gasteiger charge is -2.16. The Morgan fingerprint density at radius 2 is 1.88 bits per heavy atom. The molecule has 0 saturated heterocycles. The van der Waals surface area contributed by atoms with E-state index in [2.05, 4.69) is 10.0 Å². The maximum absolute atomic E-state index is 9.75. The molecule has 0 aliphatic heterocycles. The molecule has 2 unspecified atom stereocenters. The first-order valence-electron chi connectivity index (χ1n) is 5.25. The Morgan fingerprint density at radius 1 is 1.24 bits per heavy atom. The van der Waals surface area contributed by atoms with Crippen molar-refractivity contribution in [3.05, 3.63) is 45.8 Å². The summed E-state index contributed by atoms with van der Waals surface area (Å²) in [5.74, 6) is 0. The topological polar surface area (TPSA) is 109 Å². The highest BCUT2D eigenvalue weighted by molar-refractivity contribution is 5.25. The van der Waals surface area contributed by atoms with Crippen molar-refractivity contribution in [2.75, 3.05) is 13.2 Å². The van der Waals surface area contributed by atoms with Crippen LogP contribution in [0.15, 0.2) is 29.4 Å². The number of aliphatic hydroxyl groups excluding tert-OH is 3. The second kappa shape index (κ2) is 6.88. The maximum Gasteiger partial charge on any atom is 0.105 e. The van der Waals surface area contributed by atoms with Gasteiger partial charge in [-0.05, 0) is 23.1 Å². The molecular formula is C11H15N3O3. The van der Waals surface area contributed by atoms with Gasteiger partial charge in [0.2, 0.25) is 0 Å². The SMILES string of the molecule is [N-]=[N+]=NCC(O)C(O)c1ccc(CCO)cc1. The summed E-state index contributed by atoms with van der Waals surface area (Å²) in [6, 6.07) is 6.90. The van der Waals surface area contributed by atoms with Crippen LogP contribution in [0.2, 0.25) is 0 Å². The molecule has 0 amide bonds. The van der Waals surface area contributed by atoms with Crippen molar-refractivity contribution in [2.45, 2.75) is 18.6 Å². The first-order valence-corrected chi connectivity index (χ1v) is 5.25. The Labute approximate surface area is 98.8 Å². The van der Waals surface area contributed by atoms with Gasteiger partial charge in [-0.3, -0.25) is 0 Å². The highest BCUT2D eigenvalue weighted by Gasteiger charge is 2.17. The Kier molecular flexibility index (Phi) is 5.45. The van der Waals surface area contributed by atoms with Gasteiger partial charge in [-0.2, -0.15) is 0 Å². The third-order valence-electron chi connectivity index (χ3n) is 2.42. The fourth-order valence-corrected chi connectivity index (χ4v) is 1.45. The lowest BCUT2D eigenvalue weighted by molar-refractivity contribution is 0.0244. The number of aliphatic hydroxyl groups is 3. The maximum atomic E-state index is 9.75. The summed E-state index contributed by atoms with van der Waals surface area (Å²) in [5.41, 5.74) is 9.61. The molecule has 2 atom stereocenters. The molecule has 6 nitrogen and oxygen atoms in total. The summed E-state index contributed by atoms with van der Waals surface area (Å²) in [7, 11) is 0. The average molecular weight is 237 g/mol. The van der Waals surface area contributed by atoms with E-state index in [1.807, 2.05) is 0 Å². The molecule has 17 heavy (non-hydrogen) atoms. The van der Waals surface area contributed by atoms with Gasteiger partial charge in [0.15, 0.2) is 0 Å². The first-order chi connectivity index (χ1) is 8.19. The molecule has 0 bridgehead atoms. The van der Waals surface area contributed by atoms with Crippen LogP contribution in [0.25, 0.3) is 10.4 Å². The van der Waals surface area contributed by atoms with Gasteiger partial charge in [0.05, 0.1) is 12.6 Å². The molecule has 1 aromatic rings. The first kappa shape index (κ1) is 13.5. The van der Waals surface area contributed by atoms with E-state index in [1.54, 1.807) is 24.3 Å². The number of hydrogen-bond donors (Lipinski definition) is 3. The molecule has 0 aromatic heterocycles. The minimum absolute atomic E-state index is 0.0708. The predicted molar refractivity (Wildman–Crippen MR) is 62.2 cm³/mol. The lowest BCUT2D eigenvalue weighted by atomic mass is 10.0. The average Bonchev–Trinajstić information content (AvgIpc) is 2.36. The van der Waals surface area contributed by atoms with Crippen molar-refractivity contribution in [1.82, 2.24) is 0 Å². The fourth-order valence-electron chi connectivity index (χ4n) is 1.45. The van der Waals surface area contributed by atoms with Crippen LogP contribution in [0, 0.1) is 0 Å². The van der Waals surface area contributed by atoms with Crippen LogP contribution in [0.5, 0.6) is 0 Å². The minimum Gasteiger partial charge on any atom is -0.396 e. The van der Waals surface area contributed by atoms with Gasteiger partial charge < -0.3 is 15.3 Å². The van der Waals surface area contributed by atoms with E-state index in [0.717, 1.165) is 5.56 Å². The summed E-state index contributed by atoms with van der Waals surface area (Å²) in [4.78, 5) is 2.52. The molecule has 3 N–H and O–H groups in total. The molecular weight excluding hydrogens is 222 g/mol. The zero-order valence-electron chi connectivity index (χ0n) is 9.27. The van der Waals surface area contributed by atoms with Crippen LogP contribution in [-0.2, 0) is 6.42 Å². The number of azide groups is 1. The Morgan fingerprint density at radius 3 is 2.41 bits per heavy atom. The van der Waals surface area contributed by atoms with Crippen molar-refractivity contribution in [2.24, 2.45) is 5.11 Å². The lowest BCUT2D eigenvalue weighted by Crippen LogP contribution is -2.21. The van der Waals surface area contributed by atoms with Crippen LogP contribution in [0.4, 0.5) is 0 Å². The molecule has 0 aliphatic rings. The van der Waals surface area contributed by atoms with Crippen LogP contribution in [0.3, 0.4) is 0 Å². The quantitative estimate of drug-likeness (QED) is 0.389. The standard InChI is InChI=1S/C11H15N3O3/c12-14-13-7-10(16)11(17)9-3-1-8(2-4-9)5-6-15/h1-4,10-11,15-17H,5-7H2. The monoisotopic (exact) mass is 237 g/mol. The largest absolute Gasteiger partial charge is 0.396 e. The Bertz CT molecular complexity index is 387. The minimum atomic E-state index is -1.12. The predicted octanol–water partition coefficient (Wildman–Crippen LogP) is 0.926. The van der Waals surface area contributed by atoms with Crippen LogP contribution >= 0.6 is 0 Å². The van der Waals surface area contributed by atoms with E-state index in [1.165, 1.54) is 0 Å². The molecule has 6 heteroatoms. The van der Waals surface area contributed by atoms with Gasteiger partial charge in [-0.25, -0.2) is 0 Å². The van der Waals surface area contributed by atoms with E-state index < -0.39 is 12.2 Å². The van der Waals surface area contributed by atoms with Crippen LogP contribution < -0.4 is 0 Å². The molecule has 0 spiro atoms. The van der Waals surface area contributed by atoms with Gasteiger partial charge >= 0.3 is 0 Å². The van der Waals surface area contributed by atoms with E-state index >= 15 is 0 Å².